The highest BCUT2D eigenvalue weighted by Crippen LogP contribution is 2.22. The van der Waals surface area contributed by atoms with Crippen LogP contribution in [0.1, 0.15) is 10.4 Å². The summed E-state index contributed by atoms with van der Waals surface area (Å²) in [5.74, 6) is -1.10. The summed E-state index contributed by atoms with van der Waals surface area (Å²) < 4.78 is 17.1. The number of aromatic carboxylic acids is 1. The first-order valence-electron chi connectivity index (χ1n) is 6.05. The van der Waals surface area contributed by atoms with E-state index in [1.165, 1.54) is 18.2 Å². The molecule has 1 aromatic heterocycles. The summed E-state index contributed by atoms with van der Waals surface area (Å²) in [6.07, 6.45) is 1.54. The molecule has 0 aliphatic carbocycles. The lowest BCUT2D eigenvalue weighted by Crippen LogP contribution is -2.05. The van der Waals surface area contributed by atoms with Gasteiger partial charge in [-0.2, -0.15) is 0 Å². The van der Waals surface area contributed by atoms with Gasteiger partial charge < -0.3 is 14.1 Å². The highest BCUT2D eigenvalue weighted by molar-refractivity contribution is 7.90. The van der Waals surface area contributed by atoms with E-state index >= 15 is 0 Å². The van der Waals surface area contributed by atoms with Crippen LogP contribution < -0.4 is 5.43 Å². The lowest BCUT2D eigenvalue weighted by Gasteiger charge is -2.06. The Labute approximate surface area is 144 Å². The normalized spacial score (nSPS) is 12.1. The molecule has 5 nitrogen and oxygen atoms in total. The summed E-state index contributed by atoms with van der Waals surface area (Å²) in [6.45, 7) is 0. The zero-order chi connectivity index (χ0) is 15.1. The van der Waals surface area contributed by atoms with Crippen molar-refractivity contribution in [1.29, 1.82) is 0 Å². The number of rotatable bonds is 2. The second kappa shape index (κ2) is 6.29. The molecule has 1 N–H and O–H groups in total. The first kappa shape index (κ1) is 16.8. The zero-order valence-corrected chi connectivity index (χ0v) is 11.8. The lowest BCUT2D eigenvalue weighted by atomic mass is 10.1. The number of hydrogen-bond donors (Lipinski definition) is 1. The van der Waals surface area contributed by atoms with Gasteiger partial charge in [0.2, 0.25) is 5.43 Å². The monoisotopic (exact) mass is 328 g/mol. The minimum absolute atomic E-state index is 0. The number of hydrogen-bond acceptors (Lipinski definition) is 4. The van der Waals surface area contributed by atoms with Crippen LogP contribution in [0.5, 0.6) is 0 Å². The quantitative estimate of drug-likeness (QED) is 0.437. The van der Waals surface area contributed by atoms with Crippen LogP contribution in [0.4, 0.5) is 0 Å². The number of carbonyl (C=O) groups is 1. The smallest absolute Gasteiger partial charge is 0.335 e. The van der Waals surface area contributed by atoms with Gasteiger partial charge >= 0.3 is 29.0 Å². The second-order valence-corrected chi connectivity index (χ2v) is 5.94. The second-order valence-electron chi connectivity index (χ2n) is 4.56. The van der Waals surface area contributed by atoms with E-state index in [9.17, 15) is 14.1 Å². The Bertz CT molecular complexity index is 932. The maximum absolute atomic E-state index is 12.4. The molecule has 0 radical (unpaired) electrons. The topological polar surface area (TPSA) is 90.6 Å². The third-order valence-electron chi connectivity index (χ3n) is 3.22. The molecule has 1 heterocycles. The summed E-state index contributed by atoms with van der Waals surface area (Å²) in [5.41, 5.74) is 0.364. The molecule has 0 bridgehead atoms. The maximum Gasteiger partial charge on any atom is 0.335 e. The molecule has 0 saturated heterocycles. The predicted molar refractivity (Wildman–Crippen MR) is 87.8 cm³/mol. The van der Waals surface area contributed by atoms with E-state index in [1.807, 2.05) is 0 Å². The molecule has 0 fully saturated rings. The molecule has 0 aliphatic heterocycles. The van der Waals surface area contributed by atoms with Crippen molar-refractivity contribution in [1.82, 2.24) is 0 Å². The third kappa shape index (κ3) is 2.85. The molecule has 0 aliphatic rings. The van der Waals surface area contributed by atoms with Gasteiger partial charge in [0, 0.05) is 6.07 Å². The van der Waals surface area contributed by atoms with E-state index < -0.39 is 17.1 Å². The zero-order valence-electron chi connectivity index (χ0n) is 11.0. The molecule has 2 aromatic carbocycles. The fourth-order valence-electron chi connectivity index (χ4n) is 2.15. The Morgan fingerprint density at radius 1 is 1.14 bits per heavy atom. The van der Waals surface area contributed by atoms with Crippen LogP contribution in [0.15, 0.2) is 50.5 Å². The average Bonchev–Trinajstić information content (AvgIpc) is 2.46. The molecule has 110 valence electrons. The lowest BCUT2D eigenvalue weighted by molar-refractivity contribution is 0.0697. The van der Waals surface area contributed by atoms with Gasteiger partial charge in [0.15, 0.2) is 4.90 Å². The van der Waals surface area contributed by atoms with Crippen LogP contribution in [0.2, 0.25) is 0 Å². The highest BCUT2D eigenvalue weighted by Gasteiger charge is 2.13. The summed E-state index contributed by atoms with van der Waals surface area (Å²) in [6, 6.07) is 8.84. The molecule has 1 unspecified atom stereocenters. The van der Waals surface area contributed by atoms with Gasteiger partial charge in [-0.15, -0.1) is 0 Å². The average molecular weight is 329 g/mol. The van der Waals surface area contributed by atoms with Gasteiger partial charge in [0.1, 0.15) is 17.4 Å². The molecule has 3 aromatic rings. The molecule has 0 amide bonds. The van der Waals surface area contributed by atoms with Crippen LogP contribution >= 0.6 is 0 Å². The molecular weight excluding hydrogens is 317 g/mol. The largest absolute Gasteiger partial charge is 0.612 e. The van der Waals surface area contributed by atoms with Crippen molar-refractivity contribution in [2.45, 2.75) is 4.90 Å². The van der Waals surface area contributed by atoms with E-state index in [0.717, 1.165) is 0 Å². The Kier molecular flexibility index (Phi) is 4.81. The SMILES string of the molecule is C[S+]([O-])c1ccc2c(=O)c3cc(C(=O)O)ccc3oc2c1.[MgH2]. The van der Waals surface area contributed by atoms with E-state index in [0.29, 0.717) is 21.4 Å². The summed E-state index contributed by atoms with van der Waals surface area (Å²) >= 11 is -1.17. The van der Waals surface area contributed by atoms with Crippen molar-refractivity contribution in [3.8, 4) is 0 Å². The van der Waals surface area contributed by atoms with Gasteiger partial charge in [-0.1, -0.05) is 0 Å². The summed E-state index contributed by atoms with van der Waals surface area (Å²) in [5, 5.41) is 9.53. The first-order valence-corrected chi connectivity index (χ1v) is 7.60. The molecular formula is C15H12MgO5S. The van der Waals surface area contributed by atoms with E-state index in [1.54, 1.807) is 24.5 Å². The van der Waals surface area contributed by atoms with E-state index in [2.05, 4.69) is 0 Å². The molecule has 22 heavy (non-hydrogen) atoms. The van der Waals surface area contributed by atoms with Gasteiger partial charge in [-0.05, 0) is 41.5 Å². The van der Waals surface area contributed by atoms with Crippen molar-refractivity contribution in [3.05, 3.63) is 52.2 Å². The number of carboxylic acids is 1. The Hall–Kier alpha value is -1.54. The molecule has 7 heteroatoms. The van der Waals surface area contributed by atoms with Crippen LogP contribution in [0.3, 0.4) is 0 Å². The highest BCUT2D eigenvalue weighted by atomic mass is 32.2. The minimum atomic E-state index is -1.17. The fourth-order valence-corrected chi connectivity index (χ4v) is 2.68. The van der Waals surface area contributed by atoms with Crippen molar-refractivity contribution in [3.63, 3.8) is 0 Å². The van der Waals surface area contributed by atoms with Crippen molar-refractivity contribution >= 4 is 62.1 Å². The van der Waals surface area contributed by atoms with Crippen LogP contribution in [-0.4, -0.2) is 44.9 Å². The third-order valence-corrected chi connectivity index (χ3v) is 4.14. The van der Waals surface area contributed by atoms with Crippen molar-refractivity contribution < 1.29 is 18.9 Å². The Morgan fingerprint density at radius 2 is 1.86 bits per heavy atom. The molecule has 3 rings (SSSR count). The number of benzene rings is 2. The first-order chi connectivity index (χ1) is 9.97. The number of carboxylic acid groups (broad SMARTS) is 1. The Balaban J connectivity index is 0.00000176. The predicted octanol–water partition coefficient (Wildman–Crippen LogP) is 1.47. The van der Waals surface area contributed by atoms with Crippen LogP contribution in [0.25, 0.3) is 21.9 Å². The van der Waals surface area contributed by atoms with Crippen LogP contribution in [0, 0.1) is 0 Å². The van der Waals surface area contributed by atoms with Gasteiger partial charge in [0.25, 0.3) is 0 Å². The van der Waals surface area contributed by atoms with Gasteiger partial charge in [-0.25, -0.2) is 4.79 Å². The van der Waals surface area contributed by atoms with Crippen LogP contribution in [-0.2, 0) is 11.2 Å². The Morgan fingerprint density at radius 3 is 2.50 bits per heavy atom. The molecule has 1 atom stereocenters. The number of fused-ring (bicyclic) bond motifs is 2. The fraction of sp³-hybridized carbons (Fsp3) is 0.0667. The molecule has 0 saturated carbocycles. The molecule has 0 spiro atoms. The van der Waals surface area contributed by atoms with E-state index in [-0.39, 0.29) is 39.4 Å². The van der Waals surface area contributed by atoms with Crippen molar-refractivity contribution in [2.24, 2.45) is 0 Å². The van der Waals surface area contributed by atoms with Crippen molar-refractivity contribution in [2.75, 3.05) is 6.26 Å². The van der Waals surface area contributed by atoms with Gasteiger partial charge in [0.05, 0.1) is 16.3 Å². The summed E-state index contributed by atoms with van der Waals surface area (Å²) in [4.78, 5) is 23.9. The minimum Gasteiger partial charge on any atom is -0.612 e. The maximum atomic E-state index is 12.4. The van der Waals surface area contributed by atoms with E-state index in [4.69, 9.17) is 9.52 Å². The van der Waals surface area contributed by atoms with Gasteiger partial charge in [-0.3, -0.25) is 4.79 Å². The standard InChI is InChI=1S/C15H10O5S.Mg.2H/c1-21(19)9-3-4-10-13(7-9)20-12-5-2-8(15(17)18)6-11(12)14(10)16;;;/h2-7H,1H3,(H,17,18);;;. The summed E-state index contributed by atoms with van der Waals surface area (Å²) in [7, 11) is 0.